The molecule has 0 aromatic heterocycles. The number of aliphatic hydroxyl groups is 2. The van der Waals surface area contributed by atoms with Crippen LogP contribution in [0.25, 0.3) is 0 Å². The predicted molar refractivity (Wildman–Crippen MR) is 114 cm³/mol. The summed E-state index contributed by atoms with van der Waals surface area (Å²) >= 11 is 0. The molecular weight excluding hydrogens is 368 g/mol. The summed E-state index contributed by atoms with van der Waals surface area (Å²) in [6.45, 7) is 6.93. The molecule has 0 saturated carbocycles. The third-order valence-corrected chi connectivity index (χ3v) is 10.4. The molecule has 0 aliphatic carbocycles. The Morgan fingerprint density at radius 1 is 0.929 bits per heavy atom. The van der Waals surface area contributed by atoms with Gasteiger partial charge in [-0.1, -0.05) is 87.5 Å². The lowest BCUT2D eigenvalue weighted by atomic mass is 10.0. The average Bonchev–Trinajstić information content (AvgIpc) is 2.69. The van der Waals surface area contributed by atoms with Crippen molar-refractivity contribution in [2.24, 2.45) is 5.92 Å². The first-order chi connectivity index (χ1) is 13.4. The van der Waals surface area contributed by atoms with E-state index >= 15 is 0 Å². The van der Waals surface area contributed by atoms with Crippen LogP contribution in [0.3, 0.4) is 0 Å². The maximum atomic E-state index is 9.88. The van der Waals surface area contributed by atoms with Gasteiger partial charge in [-0.3, -0.25) is 0 Å². The van der Waals surface area contributed by atoms with Crippen LogP contribution in [0, 0.1) is 5.92 Å². The van der Waals surface area contributed by atoms with E-state index in [-0.39, 0.29) is 17.6 Å². The molecule has 5 heteroatoms. The summed E-state index contributed by atoms with van der Waals surface area (Å²) in [5, 5.41) is 21.9. The molecule has 2 N–H and O–H groups in total. The number of aliphatic hydroxyl groups excluding tert-OH is 2. The Kier molecular flexibility index (Phi) is 6.53. The molecule has 1 aliphatic heterocycles. The van der Waals surface area contributed by atoms with Crippen LogP contribution in [-0.4, -0.2) is 44.1 Å². The summed E-state index contributed by atoms with van der Waals surface area (Å²) in [5.74, 6) is -0.193. The van der Waals surface area contributed by atoms with Crippen molar-refractivity contribution in [3.05, 3.63) is 72.8 Å². The molecule has 0 amide bonds. The molecule has 3 rings (SSSR count). The van der Waals surface area contributed by atoms with Gasteiger partial charge in [0.05, 0.1) is 19.3 Å². The SMILES string of the molecule is CC(C)(C)[Si](OC[C@H]1O[C@H](O)C=C[C@@H]1CO)(c1ccccc1)c1ccccc1. The van der Waals surface area contributed by atoms with Crippen molar-refractivity contribution < 1.29 is 19.4 Å². The molecule has 2 aromatic rings. The van der Waals surface area contributed by atoms with Gasteiger partial charge in [0.2, 0.25) is 0 Å². The Labute approximate surface area is 168 Å². The molecular formula is C23H30O4Si. The fraction of sp³-hybridized carbons (Fsp3) is 0.391. The Balaban J connectivity index is 2.03. The minimum absolute atomic E-state index is 0.0437. The summed E-state index contributed by atoms with van der Waals surface area (Å²) in [4.78, 5) is 0. The molecule has 2 aromatic carbocycles. The minimum Gasteiger partial charge on any atom is -0.405 e. The van der Waals surface area contributed by atoms with Crippen molar-refractivity contribution >= 4 is 18.7 Å². The van der Waals surface area contributed by atoms with Gasteiger partial charge in [-0.2, -0.15) is 0 Å². The maximum Gasteiger partial charge on any atom is 0.261 e. The average molecular weight is 399 g/mol. The van der Waals surface area contributed by atoms with E-state index < -0.39 is 20.7 Å². The summed E-state index contributed by atoms with van der Waals surface area (Å²) < 4.78 is 12.5. The van der Waals surface area contributed by atoms with Crippen LogP contribution in [0.15, 0.2) is 72.8 Å². The fourth-order valence-electron chi connectivity index (χ4n) is 4.00. The molecule has 0 fully saturated rings. The Bertz CT molecular complexity index is 731. The number of hydrogen-bond donors (Lipinski definition) is 2. The van der Waals surface area contributed by atoms with Crippen molar-refractivity contribution in [3.8, 4) is 0 Å². The van der Waals surface area contributed by atoms with Crippen LogP contribution in [-0.2, 0) is 9.16 Å². The van der Waals surface area contributed by atoms with Crippen molar-refractivity contribution in [2.45, 2.75) is 38.2 Å². The highest BCUT2D eigenvalue weighted by Crippen LogP contribution is 2.37. The molecule has 1 aliphatic rings. The second kappa shape index (κ2) is 8.72. The van der Waals surface area contributed by atoms with Crippen molar-refractivity contribution in [1.82, 2.24) is 0 Å². The van der Waals surface area contributed by atoms with Crippen LogP contribution in [0.4, 0.5) is 0 Å². The quantitative estimate of drug-likeness (QED) is 0.580. The lowest BCUT2D eigenvalue weighted by Crippen LogP contribution is -2.67. The van der Waals surface area contributed by atoms with E-state index in [2.05, 4.69) is 69.3 Å². The van der Waals surface area contributed by atoms with Crippen LogP contribution in [0.1, 0.15) is 20.8 Å². The highest BCUT2D eigenvalue weighted by Gasteiger charge is 2.50. The van der Waals surface area contributed by atoms with Crippen LogP contribution in [0.5, 0.6) is 0 Å². The number of hydrogen-bond acceptors (Lipinski definition) is 4. The third kappa shape index (κ3) is 4.14. The smallest absolute Gasteiger partial charge is 0.261 e. The van der Waals surface area contributed by atoms with Crippen molar-refractivity contribution in [2.75, 3.05) is 13.2 Å². The summed E-state index contributed by atoms with van der Waals surface area (Å²) in [6.07, 6.45) is 2.02. The van der Waals surface area contributed by atoms with Gasteiger partial charge >= 0.3 is 0 Å². The van der Waals surface area contributed by atoms with Crippen molar-refractivity contribution in [1.29, 1.82) is 0 Å². The molecule has 0 spiro atoms. The molecule has 1 heterocycles. The standard InChI is InChI=1S/C23H30O4Si/c1-23(2,3)28(19-10-6-4-7-11-19,20-12-8-5-9-13-20)26-17-21-18(16-24)14-15-22(25)27-21/h4-15,18,21-22,24-25H,16-17H2,1-3H3/t18-,21-,22+/m1/s1. The Morgan fingerprint density at radius 3 is 1.93 bits per heavy atom. The Hall–Kier alpha value is -1.76. The van der Waals surface area contributed by atoms with Crippen LogP contribution < -0.4 is 10.4 Å². The second-order valence-corrected chi connectivity index (χ2v) is 12.6. The van der Waals surface area contributed by atoms with E-state index in [0.717, 1.165) is 0 Å². The summed E-state index contributed by atoms with van der Waals surface area (Å²) in [6, 6.07) is 20.8. The van der Waals surface area contributed by atoms with E-state index in [4.69, 9.17) is 9.16 Å². The van der Waals surface area contributed by atoms with E-state index in [1.807, 2.05) is 18.2 Å². The lowest BCUT2D eigenvalue weighted by Gasteiger charge is -2.44. The second-order valence-electron chi connectivity index (χ2n) is 8.27. The van der Waals surface area contributed by atoms with Crippen LogP contribution >= 0.6 is 0 Å². The third-order valence-electron chi connectivity index (χ3n) is 5.41. The van der Waals surface area contributed by atoms with E-state index in [1.165, 1.54) is 10.4 Å². The Morgan fingerprint density at radius 2 is 1.46 bits per heavy atom. The van der Waals surface area contributed by atoms with Gasteiger partial charge in [0.1, 0.15) is 0 Å². The molecule has 0 saturated heterocycles. The van der Waals surface area contributed by atoms with Gasteiger partial charge in [-0.15, -0.1) is 0 Å². The van der Waals surface area contributed by atoms with E-state index in [9.17, 15) is 10.2 Å². The number of rotatable bonds is 6. The van der Waals surface area contributed by atoms with Gasteiger partial charge in [-0.05, 0) is 21.5 Å². The van der Waals surface area contributed by atoms with Gasteiger partial charge in [0, 0.05) is 5.92 Å². The van der Waals surface area contributed by atoms with Crippen LogP contribution in [0.2, 0.25) is 5.04 Å². The molecule has 4 nitrogen and oxygen atoms in total. The lowest BCUT2D eigenvalue weighted by molar-refractivity contribution is -0.142. The molecule has 28 heavy (non-hydrogen) atoms. The van der Waals surface area contributed by atoms with Gasteiger partial charge in [0.25, 0.3) is 8.32 Å². The fourth-order valence-corrected chi connectivity index (χ4v) is 8.57. The number of ether oxygens (including phenoxy) is 1. The highest BCUT2D eigenvalue weighted by atomic mass is 28.4. The van der Waals surface area contributed by atoms with Gasteiger partial charge < -0.3 is 19.4 Å². The minimum atomic E-state index is -2.67. The number of benzene rings is 2. The van der Waals surface area contributed by atoms with Gasteiger partial charge in [-0.25, -0.2) is 0 Å². The first-order valence-electron chi connectivity index (χ1n) is 9.76. The summed E-state index contributed by atoms with van der Waals surface area (Å²) in [7, 11) is -2.67. The summed E-state index contributed by atoms with van der Waals surface area (Å²) in [5.41, 5.74) is 0. The van der Waals surface area contributed by atoms with E-state index in [1.54, 1.807) is 6.08 Å². The monoisotopic (exact) mass is 398 g/mol. The zero-order chi connectivity index (χ0) is 20.2. The highest BCUT2D eigenvalue weighted by molar-refractivity contribution is 6.99. The zero-order valence-electron chi connectivity index (χ0n) is 16.8. The normalized spacial score (nSPS) is 23.0. The predicted octanol–water partition coefficient (Wildman–Crippen LogP) is 2.44. The molecule has 0 radical (unpaired) electrons. The maximum absolute atomic E-state index is 9.88. The van der Waals surface area contributed by atoms with E-state index in [0.29, 0.717) is 6.61 Å². The zero-order valence-corrected chi connectivity index (χ0v) is 17.8. The molecule has 150 valence electrons. The molecule has 0 unspecified atom stereocenters. The first kappa shape index (κ1) is 21.0. The van der Waals surface area contributed by atoms with Gasteiger partial charge in [0.15, 0.2) is 6.29 Å². The first-order valence-corrected chi connectivity index (χ1v) is 11.7. The molecule has 0 bridgehead atoms. The topological polar surface area (TPSA) is 58.9 Å². The largest absolute Gasteiger partial charge is 0.405 e. The van der Waals surface area contributed by atoms with Crippen molar-refractivity contribution in [3.63, 3.8) is 0 Å². The molecule has 3 atom stereocenters.